The second-order valence-electron chi connectivity index (χ2n) is 4.86. The van der Waals surface area contributed by atoms with Crippen molar-refractivity contribution in [1.29, 1.82) is 0 Å². The lowest BCUT2D eigenvalue weighted by Gasteiger charge is -2.26. The van der Waals surface area contributed by atoms with Crippen LogP contribution in [0.15, 0.2) is 24.3 Å². The van der Waals surface area contributed by atoms with E-state index >= 15 is 0 Å². The van der Waals surface area contributed by atoms with Crippen LogP contribution in [0, 0.1) is 0 Å². The van der Waals surface area contributed by atoms with Gasteiger partial charge in [0.15, 0.2) is 0 Å². The van der Waals surface area contributed by atoms with E-state index in [4.69, 9.17) is 10.5 Å². The number of amides is 1. The summed E-state index contributed by atoms with van der Waals surface area (Å²) in [6, 6.07) is 7.93. The first-order valence-corrected chi connectivity index (χ1v) is 6.41. The standard InChI is InChI=1S/C14H20N2O2/c1-10(15)8-14(17)16-9-11-6-7-18-13-5-3-2-4-12(11)13/h2-5,10-11H,6-9,15H2,1H3,(H,16,17). The molecule has 2 atom stereocenters. The largest absolute Gasteiger partial charge is 0.493 e. The van der Waals surface area contributed by atoms with Crippen molar-refractivity contribution < 1.29 is 9.53 Å². The maximum Gasteiger partial charge on any atom is 0.221 e. The highest BCUT2D eigenvalue weighted by molar-refractivity contribution is 5.76. The van der Waals surface area contributed by atoms with Gasteiger partial charge >= 0.3 is 0 Å². The molecular formula is C14H20N2O2. The molecule has 0 saturated heterocycles. The van der Waals surface area contributed by atoms with Gasteiger partial charge in [-0.2, -0.15) is 0 Å². The summed E-state index contributed by atoms with van der Waals surface area (Å²) in [5.41, 5.74) is 6.78. The van der Waals surface area contributed by atoms with E-state index in [1.807, 2.05) is 25.1 Å². The predicted octanol–water partition coefficient (Wildman–Crippen LogP) is 1.41. The third kappa shape index (κ3) is 3.23. The van der Waals surface area contributed by atoms with Crippen LogP contribution >= 0.6 is 0 Å². The number of rotatable bonds is 4. The molecule has 1 aromatic carbocycles. The number of nitrogens with two attached hydrogens (primary N) is 1. The summed E-state index contributed by atoms with van der Waals surface area (Å²) >= 11 is 0. The topological polar surface area (TPSA) is 64.4 Å². The van der Waals surface area contributed by atoms with Crippen molar-refractivity contribution in [2.75, 3.05) is 13.2 Å². The number of para-hydroxylation sites is 1. The van der Waals surface area contributed by atoms with Gasteiger partial charge in [-0.3, -0.25) is 4.79 Å². The van der Waals surface area contributed by atoms with Gasteiger partial charge in [-0.15, -0.1) is 0 Å². The van der Waals surface area contributed by atoms with E-state index in [0.717, 1.165) is 12.2 Å². The average Bonchev–Trinajstić information content (AvgIpc) is 2.35. The Morgan fingerprint density at radius 3 is 3.11 bits per heavy atom. The van der Waals surface area contributed by atoms with Crippen LogP contribution in [0.1, 0.15) is 31.2 Å². The normalized spacial score (nSPS) is 19.6. The lowest BCUT2D eigenvalue weighted by molar-refractivity contribution is -0.121. The fourth-order valence-corrected chi connectivity index (χ4v) is 2.23. The Morgan fingerprint density at radius 1 is 1.56 bits per heavy atom. The highest BCUT2D eigenvalue weighted by atomic mass is 16.5. The first-order valence-electron chi connectivity index (χ1n) is 6.41. The Bertz CT molecular complexity index is 418. The van der Waals surface area contributed by atoms with E-state index in [9.17, 15) is 4.79 Å². The molecule has 0 spiro atoms. The van der Waals surface area contributed by atoms with Crippen LogP contribution in [0.25, 0.3) is 0 Å². The van der Waals surface area contributed by atoms with Gasteiger partial charge in [0.1, 0.15) is 5.75 Å². The van der Waals surface area contributed by atoms with Crippen LogP contribution < -0.4 is 15.8 Å². The van der Waals surface area contributed by atoms with Crippen molar-refractivity contribution in [3.8, 4) is 5.75 Å². The second-order valence-corrected chi connectivity index (χ2v) is 4.86. The number of carbonyl (C=O) groups is 1. The zero-order valence-electron chi connectivity index (χ0n) is 10.7. The van der Waals surface area contributed by atoms with Crippen LogP contribution in [-0.4, -0.2) is 25.1 Å². The maximum atomic E-state index is 11.6. The smallest absolute Gasteiger partial charge is 0.221 e. The summed E-state index contributed by atoms with van der Waals surface area (Å²) in [5.74, 6) is 1.30. The molecule has 4 heteroatoms. The number of hydrogen-bond donors (Lipinski definition) is 2. The summed E-state index contributed by atoms with van der Waals surface area (Å²) in [6.07, 6.45) is 1.32. The molecule has 1 heterocycles. The van der Waals surface area contributed by atoms with E-state index in [2.05, 4.69) is 11.4 Å². The molecule has 0 radical (unpaired) electrons. The first kappa shape index (κ1) is 12.9. The SMILES string of the molecule is CC(N)CC(=O)NCC1CCOc2ccccc21. The van der Waals surface area contributed by atoms with Gasteiger partial charge in [0.05, 0.1) is 6.61 Å². The molecule has 0 aromatic heterocycles. The third-order valence-corrected chi connectivity index (χ3v) is 3.14. The molecule has 3 N–H and O–H groups in total. The van der Waals surface area contributed by atoms with Crippen molar-refractivity contribution in [3.05, 3.63) is 29.8 Å². The molecule has 1 aliphatic heterocycles. The third-order valence-electron chi connectivity index (χ3n) is 3.14. The van der Waals surface area contributed by atoms with Crippen LogP contribution in [-0.2, 0) is 4.79 Å². The Labute approximate surface area is 108 Å². The summed E-state index contributed by atoms with van der Waals surface area (Å²) in [7, 11) is 0. The van der Waals surface area contributed by atoms with Crippen LogP contribution in [0.2, 0.25) is 0 Å². The van der Waals surface area contributed by atoms with Gasteiger partial charge in [-0.05, 0) is 25.0 Å². The molecule has 0 aliphatic carbocycles. The van der Waals surface area contributed by atoms with Gasteiger partial charge in [0.2, 0.25) is 5.91 Å². The molecule has 18 heavy (non-hydrogen) atoms. The molecule has 2 rings (SSSR count). The number of fused-ring (bicyclic) bond motifs is 1. The molecule has 1 aromatic rings. The summed E-state index contributed by atoms with van der Waals surface area (Å²) in [5, 5.41) is 2.95. The Kier molecular flexibility index (Phi) is 4.20. The summed E-state index contributed by atoms with van der Waals surface area (Å²) < 4.78 is 5.59. The zero-order chi connectivity index (χ0) is 13.0. The first-order chi connectivity index (χ1) is 8.66. The van der Waals surface area contributed by atoms with E-state index in [1.165, 1.54) is 5.56 Å². The lowest BCUT2D eigenvalue weighted by atomic mass is 9.93. The van der Waals surface area contributed by atoms with Crippen LogP contribution in [0.3, 0.4) is 0 Å². The van der Waals surface area contributed by atoms with Gasteiger partial charge in [-0.1, -0.05) is 18.2 Å². The van der Waals surface area contributed by atoms with Crippen LogP contribution in [0.5, 0.6) is 5.75 Å². The van der Waals surface area contributed by atoms with Crippen molar-refractivity contribution >= 4 is 5.91 Å². The van der Waals surface area contributed by atoms with Crippen molar-refractivity contribution in [2.45, 2.75) is 31.7 Å². The predicted molar refractivity (Wildman–Crippen MR) is 70.6 cm³/mol. The monoisotopic (exact) mass is 248 g/mol. The summed E-state index contributed by atoms with van der Waals surface area (Å²) in [4.78, 5) is 11.6. The minimum absolute atomic E-state index is 0.0222. The van der Waals surface area contributed by atoms with E-state index in [-0.39, 0.29) is 11.9 Å². The van der Waals surface area contributed by atoms with Gasteiger partial charge in [0, 0.05) is 24.9 Å². The highest BCUT2D eigenvalue weighted by Crippen LogP contribution is 2.32. The second kappa shape index (κ2) is 5.87. The zero-order valence-corrected chi connectivity index (χ0v) is 10.7. The fourth-order valence-electron chi connectivity index (χ4n) is 2.23. The van der Waals surface area contributed by atoms with Gasteiger partial charge in [0.25, 0.3) is 0 Å². The van der Waals surface area contributed by atoms with Crippen molar-refractivity contribution in [1.82, 2.24) is 5.32 Å². The molecule has 2 unspecified atom stereocenters. The van der Waals surface area contributed by atoms with Gasteiger partial charge in [-0.25, -0.2) is 0 Å². The van der Waals surface area contributed by atoms with Crippen molar-refractivity contribution in [2.24, 2.45) is 5.73 Å². The van der Waals surface area contributed by atoms with E-state index < -0.39 is 0 Å². The number of hydrogen-bond acceptors (Lipinski definition) is 3. The Hall–Kier alpha value is -1.55. The van der Waals surface area contributed by atoms with Crippen LogP contribution in [0.4, 0.5) is 0 Å². The number of ether oxygens (including phenoxy) is 1. The fraction of sp³-hybridized carbons (Fsp3) is 0.500. The van der Waals surface area contributed by atoms with Crippen molar-refractivity contribution in [3.63, 3.8) is 0 Å². The molecule has 0 saturated carbocycles. The number of benzene rings is 1. The minimum Gasteiger partial charge on any atom is -0.493 e. The van der Waals surface area contributed by atoms with E-state index in [0.29, 0.717) is 25.5 Å². The molecular weight excluding hydrogens is 228 g/mol. The summed E-state index contributed by atoms with van der Waals surface area (Å²) in [6.45, 7) is 3.21. The molecule has 0 fully saturated rings. The quantitative estimate of drug-likeness (QED) is 0.846. The van der Waals surface area contributed by atoms with E-state index in [1.54, 1.807) is 0 Å². The molecule has 0 bridgehead atoms. The molecule has 4 nitrogen and oxygen atoms in total. The Morgan fingerprint density at radius 2 is 2.33 bits per heavy atom. The minimum atomic E-state index is -0.0908. The number of nitrogens with one attached hydrogen (secondary N) is 1. The number of carbonyl (C=O) groups excluding carboxylic acids is 1. The highest BCUT2D eigenvalue weighted by Gasteiger charge is 2.21. The lowest BCUT2D eigenvalue weighted by Crippen LogP contribution is -2.34. The maximum absolute atomic E-state index is 11.6. The molecule has 98 valence electrons. The Balaban J connectivity index is 1.93. The molecule has 1 aliphatic rings. The average molecular weight is 248 g/mol. The van der Waals surface area contributed by atoms with Gasteiger partial charge < -0.3 is 15.8 Å². The molecule has 1 amide bonds.